The van der Waals surface area contributed by atoms with E-state index in [4.69, 9.17) is 4.74 Å². The molecule has 7 nitrogen and oxygen atoms in total. The summed E-state index contributed by atoms with van der Waals surface area (Å²) in [4.78, 5) is 29.5. The maximum Gasteiger partial charge on any atom is 0.256 e. The van der Waals surface area contributed by atoms with E-state index in [-0.39, 0.29) is 36.6 Å². The number of piperazine rings is 1. The molecule has 0 atom stereocenters. The molecule has 2 heterocycles. The second-order valence-corrected chi connectivity index (χ2v) is 7.46. The van der Waals surface area contributed by atoms with Crippen LogP contribution >= 0.6 is 24.8 Å². The summed E-state index contributed by atoms with van der Waals surface area (Å²) in [5.74, 6) is 0.0207. The fraction of sp³-hybridized carbons (Fsp3) is 0.600. The SMILES string of the molecule is COC1(C(=O)Nc2cccc(CC(=O)N3CCN(C)CC3)c2)CCNCC1.Cl.Cl. The Bertz CT molecular complexity index is 675. The lowest BCUT2D eigenvalue weighted by Crippen LogP contribution is -2.51. The van der Waals surface area contributed by atoms with Gasteiger partial charge in [0.05, 0.1) is 6.42 Å². The maximum absolute atomic E-state index is 12.8. The molecule has 0 bridgehead atoms. The zero-order chi connectivity index (χ0) is 19.3. The van der Waals surface area contributed by atoms with E-state index in [1.54, 1.807) is 7.11 Å². The molecule has 2 fully saturated rings. The lowest BCUT2D eigenvalue weighted by atomic mass is 9.91. The molecule has 0 radical (unpaired) electrons. The Morgan fingerprint density at radius 1 is 1.14 bits per heavy atom. The predicted octanol–water partition coefficient (Wildman–Crippen LogP) is 1.55. The van der Waals surface area contributed by atoms with Gasteiger partial charge in [0.15, 0.2) is 0 Å². The molecule has 1 aromatic rings. The van der Waals surface area contributed by atoms with E-state index in [2.05, 4.69) is 22.6 Å². The molecule has 0 aliphatic carbocycles. The summed E-state index contributed by atoms with van der Waals surface area (Å²) in [5.41, 5.74) is 0.837. The Hall–Kier alpha value is -1.38. The first kappa shape index (κ1) is 25.7. The average Bonchev–Trinajstić information content (AvgIpc) is 2.69. The minimum Gasteiger partial charge on any atom is -0.368 e. The first-order chi connectivity index (χ1) is 13.0. The number of nitrogens with zero attached hydrogens (tertiary/aromatic N) is 2. The zero-order valence-electron chi connectivity index (χ0n) is 17.1. The second-order valence-electron chi connectivity index (χ2n) is 7.46. The van der Waals surface area contributed by atoms with Gasteiger partial charge in [-0.1, -0.05) is 12.1 Å². The Morgan fingerprint density at radius 3 is 2.41 bits per heavy atom. The van der Waals surface area contributed by atoms with E-state index in [9.17, 15) is 9.59 Å². The fourth-order valence-electron chi connectivity index (χ4n) is 3.70. The summed E-state index contributed by atoms with van der Waals surface area (Å²) in [6.07, 6.45) is 1.65. The van der Waals surface area contributed by atoms with Crippen molar-refractivity contribution in [3.63, 3.8) is 0 Å². The van der Waals surface area contributed by atoms with Gasteiger partial charge >= 0.3 is 0 Å². The van der Waals surface area contributed by atoms with Crippen molar-refractivity contribution in [2.75, 3.05) is 58.7 Å². The second kappa shape index (κ2) is 11.7. The molecule has 1 aromatic carbocycles. The van der Waals surface area contributed by atoms with E-state index in [1.165, 1.54) is 0 Å². The normalized spacial score (nSPS) is 18.9. The fourth-order valence-corrected chi connectivity index (χ4v) is 3.70. The van der Waals surface area contributed by atoms with Crippen LogP contribution in [0.15, 0.2) is 24.3 Å². The molecular weight excluding hydrogens is 415 g/mol. The minimum atomic E-state index is -0.781. The summed E-state index contributed by atoms with van der Waals surface area (Å²) in [6.45, 7) is 4.90. The smallest absolute Gasteiger partial charge is 0.256 e. The van der Waals surface area contributed by atoms with Crippen LogP contribution in [-0.2, 0) is 20.7 Å². The van der Waals surface area contributed by atoms with E-state index in [0.717, 1.165) is 44.8 Å². The number of methoxy groups -OCH3 is 1. The average molecular weight is 447 g/mol. The summed E-state index contributed by atoms with van der Waals surface area (Å²) in [5, 5.41) is 6.23. The number of anilines is 1. The molecule has 0 aromatic heterocycles. The highest BCUT2D eigenvalue weighted by molar-refractivity contribution is 5.97. The van der Waals surface area contributed by atoms with Gasteiger partial charge in [-0.05, 0) is 50.7 Å². The van der Waals surface area contributed by atoms with Crippen LogP contribution in [0, 0.1) is 0 Å². The number of rotatable bonds is 5. The van der Waals surface area contributed by atoms with Crippen molar-refractivity contribution in [3.8, 4) is 0 Å². The lowest BCUT2D eigenvalue weighted by Gasteiger charge is -2.34. The molecule has 9 heteroatoms. The Kier molecular flexibility index (Phi) is 10.4. The third kappa shape index (κ3) is 6.55. The molecular formula is C20H32Cl2N4O3. The molecule has 3 rings (SSSR count). The molecule has 29 heavy (non-hydrogen) atoms. The van der Waals surface area contributed by atoms with Gasteiger partial charge in [0.2, 0.25) is 5.91 Å². The van der Waals surface area contributed by atoms with Gasteiger partial charge in [0, 0.05) is 39.0 Å². The minimum absolute atomic E-state index is 0. The number of likely N-dealkylation sites (N-methyl/N-ethyl adjacent to an activating group) is 1. The molecule has 0 unspecified atom stereocenters. The van der Waals surface area contributed by atoms with Gasteiger partial charge in [0.25, 0.3) is 5.91 Å². The van der Waals surface area contributed by atoms with Gasteiger partial charge in [-0.3, -0.25) is 9.59 Å². The Labute approximate surface area is 185 Å². The van der Waals surface area contributed by atoms with Crippen molar-refractivity contribution >= 4 is 42.3 Å². The summed E-state index contributed by atoms with van der Waals surface area (Å²) in [6, 6.07) is 7.55. The largest absolute Gasteiger partial charge is 0.368 e. The highest BCUT2D eigenvalue weighted by atomic mass is 35.5. The topological polar surface area (TPSA) is 73.9 Å². The van der Waals surface area contributed by atoms with Gasteiger partial charge in [-0.2, -0.15) is 0 Å². The first-order valence-corrected chi connectivity index (χ1v) is 9.65. The third-order valence-corrected chi connectivity index (χ3v) is 5.61. The predicted molar refractivity (Wildman–Crippen MR) is 119 cm³/mol. The summed E-state index contributed by atoms with van der Waals surface area (Å²) < 4.78 is 5.58. The first-order valence-electron chi connectivity index (χ1n) is 9.65. The van der Waals surface area contributed by atoms with Gasteiger partial charge < -0.3 is 25.2 Å². The van der Waals surface area contributed by atoms with E-state index in [1.807, 2.05) is 29.2 Å². The van der Waals surface area contributed by atoms with E-state index >= 15 is 0 Å². The number of piperidine rings is 1. The van der Waals surface area contributed by atoms with E-state index in [0.29, 0.717) is 24.9 Å². The highest BCUT2D eigenvalue weighted by Crippen LogP contribution is 2.25. The number of carbonyl (C=O) groups is 2. The number of amides is 2. The lowest BCUT2D eigenvalue weighted by molar-refractivity contribution is -0.140. The number of ether oxygens (including phenoxy) is 1. The molecule has 2 N–H and O–H groups in total. The van der Waals surface area contributed by atoms with Crippen LogP contribution < -0.4 is 10.6 Å². The van der Waals surface area contributed by atoms with Gasteiger partial charge in [0.1, 0.15) is 5.60 Å². The summed E-state index contributed by atoms with van der Waals surface area (Å²) >= 11 is 0. The number of carbonyl (C=O) groups excluding carboxylic acids is 2. The van der Waals surface area contributed by atoms with Crippen molar-refractivity contribution < 1.29 is 14.3 Å². The van der Waals surface area contributed by atoms with E-state index < -0.39 is 5.60 Å². The van der Waals surface area contributed by atoms with Crippen LogP contribution in [0.2, 0.25) is 0 Å². The molecule has 2 amide bonds. The van der Waals surface area contributed by atoms with Crippen molar-refractivity contribution in [1.82, 2.24) is 15.1 Å². The van der Waals surface area contributed by atoms with Gasteiger partial charge in [-0.25, -0.2) is 0 Å². The highest BCUT2D eigenvalue weighted by Gasteiger charge is 2.39. The third-order valence-electron chi connectivity index (χ3n) is 5.61. The monoisotopic (exact) mass is 446 g/mol. The maximum atomic E-state index is 12.8. The molecule has 2 aliphatic heterocycles. The number of hydrogen-bond donors (Lipinski definition) is 2. The van der Waals surface area contributed by atoms with Crippen LogP contribution in [0.4, 0.5) is 5.69 Å². The summed E-state index contributed by atoms with van der Waals surface area (Å²) in [7, 11) is 3.67. The molecule has 0 saturated carbocycles. The van der Waals surface area contributed by atoms with Crippen molar-refractivity contribution in [2.45, 2.75) is 24.9 Å². The standard InChI is InChI=1S/C20H30N4O3.2ClH/c1-23-10-12-24(13-11-23)18(25)15-16-4-3-5-17(14-16)22-19(26)20(27-2)6-8-21-9-7-20;;/h3-5,14,21H,6-13,15H2,1-2H3,(H,22,26);2*1H. The Balaban J connectivity index is 0.00000210. The molecule has 164 valence electrons. The molecule has 0 spiro atoms. The zero-order valence-corrected chi connectivity index (χ0v) is 18.7. The van der Waals surface area contributed by atoms with Crippen LogP contribution in [0.5, 0.6) is 0 Å². The van der Waals surface area contributed by atoms with Crippen LogP contribution in [-0.4, -0.2) is 80.6 Å². The number of nitrogens with one attached hydrogen (secondary N) is 2. The van der Waals surface area contributed by atoms with Crippen LogP contribution in [0.25, 0.3) is 0 Å². The Morgan fingerprint density at radius 2 is 1.79 bits per heavy atom. The van der Waals surface area contributed by atoms with Gasteiger partial charge in [-0.15, -0.1) is 24.8 Å². The van der Waals surface area contributed by atoms with Crippen molar-refractivity contribution in [2.24, 2.45) is 0 Å². The number of hydrogen-bond acceptors (Lipinski definition) is 5. The van der Waals surface area contributed by atoms with Crippen LogP contribution in [0.1, 0.15) is 18.4 Å². The number of benzene rings is 1. The van der Waals surface area contributed by atoms with Crippen LogP contribution in [0.3, 0.4) is 0 Å². The quantitative estimate of drug-likeness (QED) is 0.717. The van der Waals surface area contributed by atoms with Crippen molar-refractivity contribution in [1.29, 1.82) is 0 Å². The molecule has 2 aliphatic rings. The van der Waals surface area contributed by atoms with Crippen molar-refractivity contribution in [3.05, 3.63) is 29.8 Å². The molecule has 2 saturated heterocycles. The number of halogens is 2.